The van der Waals surface area contributed by atoms with Gasteiger partial charge < -0.3 is 5.73 Å². The van der Waals surface area contributed by atoms with Gasteiger partial charge in [-0.25, -0.2) is 4.39 Å². The van der Waals surface area contributed by atoms with Gasteiger partial charge in [0.05, 0.1) is 20.9 Å². The molecule has 1 aromatic carbocycles. The van der Waals surface area contributed by atoms with E-state index in [1.807, 2.05) is 24.6 Å². The first-order valence-electron chi connectivity index (χ1n) is 6.92. The zero-order chi connectivity index (χ0) is 15.6. The molecule has 2 aromatic rings. The van der Waals surface area contributed by atoms with E-state index in [2.05, 4.69) is 21.0 Å². The minimum atomic E-state index is -0.322. The smallest absolute Gasteiger partial charge is 0.137 e. The van der Waals surface area contributed by atoms with E-state index in [-0.39, 0.29) is 11.9 Å². The number of aromatic nitrogens is 2. The molecule has 6 heteroatoms. The number of nitrogens with zero attached hydrogens (tertiary/aromatic N) is 2. The highest BCUT2D eigenvalue weighted by molar-refractivity contribution is 9.10. The predicted molar refractivity (Wildman–Crippen MR) is 87.0 cm³/mol. The first-order chi connectivity index (χ1) is 9.97. The second kappa shape index (κ2) is 6.90. The quantitative estimate of drug-likeness (QED) is 0.849. The van der Waals surface area contributed by atoms with Crippen LogP contribution in [-0.4, -0.2) is 9.78 Å². The van der Waals surface area contributed by atoms with Gasteiger partial charge in [0.15, 0.2) is 0 Å². The molecule has 2 rings (SSSR count). The van der Waals surface area contributed by atoms with E-state index in [4.69, 9.17) is 17.3 Å². The van der Waals surface area contributed by atoms with Gasteiger partial charge in [-0.1, -0.05) is 24.6 Å². The predicted octanol–water partition coefficient (Wildman–Crippen LogP) is 4.26. The lowest BCUT2D eigenvalue weighted by molar-refractivity contribution is 0.579. The number of benzene rings is 1. The van der Waals surface area contributed by atoms with Gasteiger partial charge in [-0.2, -0.15) is 5.10 Å². The third kappa shape index (κ3) is 3.47. The molecule has 1 atom stereocenters. The SMILES string of the molecule is CCc1nn(CC)c(CC(N)c2ccc(Br)c(F)c2)c1Cl. The maximum Gasteiger partial charge on any atom is 0.137 e. The largest absolute Gasteiger partial charge is 0.324 e. The average Bonchev–Trinajstić information content (AvgIpc) is 2.78. The monoisotopic (exact) mass is 373 g/mol. The molecule has 0 aliphatic heterocycles. The normalized spacial score (nSPS) is 12.7. The Bertz CT molecular complexity index is 642. The Morgan fingerprint density at radius 2 is 2.14 bits per heavy atom. The van der Waals surface area contributed by atoms with Gasteiger partial charge in [-0.15, -0.1) is 0 Å². The molecule has 0 fully saturated rings. The number of rotatable bonds is 5. The molecule has 0 radical (unpaired) electrons. The van der Waals surface area contributed by atoms with Crippen LogP contribution < -0.4 is 5.73 Å². The van der Waals surface area contributed by atoms with Gasteiger partial charge in [-0.3, -0.25) is 4.68 Å². The van der Waals surface area contributed by atoms with Crippen molar-refractivity contribution in [3.05, 3.63) is 50.5 Å². The molecule has 3 nitrogen and oxygen atoms in total. The van der Waals surface area contributed by atoms with Crippen molar-refractivity contribution in [1.82, 2.24) is 9.78 Å². The molecule has 1 unspecified atom stereocenters. The Morgan fingerprint density at radius 3 is 2.71 bits per heavy atom. The summed E-state index contributed by atoms with van der Waals surface area (Å²) >= 11 is 9.52. The molecule has 0 spiro atoms. The summed E-state index contributed by atoms with van der Waals surface area (Å²) in [6.45, 7) is 4.76. The van der Waals surface area contributed by atoms with Gasteiger partial charge in [-0.05, 0) is 47.0 Å². The van der Waals surface area contributed by atoms with E-state index in [0.29, 0.717) is 15.9 Å². The summed E-state index contributed by atoms with van der Waals surface area (Å²) < 4.78 is 15.9. The highest BCUT2D eigenvalue weighted by Gasteiger charge is 2.18. The van der Waals surface area contributed by atoms with Crippen molar-refractivity contribution < 1.29 is 4.39 Å². The molecular weight excluding hydrogens is 357 g/mol. The van der Waals surface area contributed by atoms with Crippen molar-refractivity contribution in [2.24, 2.45) is 5.73 Å². The zero-order valence-electron chi connectivity index (χ0n) is 12.0. The fourth-order valence-corrected chi connectivity index (χ4v) is 2.87. The molecule has 114 valence electrons. The van der Waals surface area contributed by atoms with Crippen LogP contribution in [0.25, 0.3) is 0 Å². The summed E-state index contributed by atoms with van der Waals surface area (Å²) in [5.74, 6) is -0.313. The Kier molecular flexibility index (Phi) is 5.41. The van der Waals surface area contributed by atoms with E-state index in [0.717, 1.165) is 29.9 Å². The molecule has 0 saturated carbocycles. The summed E-state index contributed by atoms with van der Waals surface area (Å²) in [6, 6.07) is 4.62. The number of halogens is 3. The summed E-state index contributed by atoms with van der Waals surface area (Å²) in [5.41, 5.74) is 8.74. The Hall–Kier alpha value is -0.910. The fourth-order valence-electron chi connectivity index (χ4n) is 2.28. The number of aryl methyl sites for hydroxylation is 2. The number of hydrogen-bond donors (Lipinski definition) is 1. The molecule has 1 heterocycles. The van der Waals surface area contributed by atoms with Crippen molar-refractivity contribution in [3.8, 4) is 0 Å². The summed E-state index contributed by atoms with van der Waals surface area (Å²) in [6.07, 6.45) is 1.31. The second-order valence-corrected chi connectivity index (χ2v) is 6.09. The molecule has 0 bridgehead atoms. The van der Waals surface area contributed by atoms with E-state index in [1.54, 1.807) is 6.07 Å². The van der Waals surface area contributed by atoms with Crippen LogP contribution in [0.2, 0.25) is 5.02 Å². The third-order valence-electron chi connectivity index (χ3n) is 3.48. The van der Waals surface area contributed by atoms with E-state index >= 15 is 0 Å². The number of hydrogen-bond acceptors (Lipinski definition) is 2. The van der Waals surface area contributed by atoms with Crippen molar-refractivity contribution in [1.29, 1.82) is 0 Å². The van der Waals surface area contributed by atoms with E-state index in [1.165, 1.54) is 6.07 Å². The van der Waals surface area contributed by atoms with Crippen LogP contribution >= 0.6 is 27.5 Å². The minimum absolute atomic E-state index is 0.313. The fraction of sp³-hybridized carbons (Fsp3) is 0.400. The molecule has 0 aliphatic rings. The third-order valence-corrected chi connectivity index (χ3v) is 4.56. The summed E-state index contributed by atoms with van der Waals surface area (Å²) in [5, 5.41) is 5.15. The number of nitrogens with two attached hydrogens (primary N) is 1. The van der Waals surface area contributed by atoms with Crippen LogP contribution in [0, 0.1) is 5.82 Å². The highest BCUT2D eigenvalue weighted by atomic mass is 79.9. The van der Waals surface area contributed by atoms with Crippen LogP contribution in [0.5, 0.6) is 0 Å². The van der Waals surface area contributed by atoms with Gasteiger partial charge in [0.2, 0.25) is 0 Å². The van der Waals surface area contributed by atoms with Crippen molar-refractivity contribution in [2.75, 3.05) is 0 Å². The van der Waals surface area contributed by atoms with E-state index < -0.39 is 0 Å². The molecule has 21 heavy (non-hydrogen) atoms. The molecular formula is C15H18BrClFN3. The standard InChI is InChI=1S/C15H18BrClFN3/c1-3-13-15(17)14(21(4-2)20-13)8-12(19)9-5-6-10(16)11(18)7-9/h5-7,12H,3-4,8,19H2,1-2H3. The zero-order valence-corrected chi connectivity index (χ0v) is 14.4. The van der Waals surface area contributed by atoms with E-state index in [9.17, 15) is 4.39 Å². The summed E-state index contributed by atoms with van der Waals surface area (Å²) in [7, 11) is 0. The first-order valence-corrected chi connectivity index (χ1v) is 8.09. The molecule has 0 saturated heterocycles. The summed E-state index contributed by atoms with van der Waals surface area (Å²) in [4.78, 5) is 0. The van der Waals surface area contributed by atoms with Gasteiger partial charge >= 0.3 is 0 Å². The molecule has 0 amide bonds. The maximum atomic E-state index is 13.6. The Balaban J connectivity index is 2.28. The maximum absolute atomic E-state index is 13.6. The Labute approximate surface area is 137 Å². The van der Waals surface area contributed by atoms with Gasteiger partial charge in [0.25, 0.3) is 0 Å². The molecule has 1 aromatic heterocycles. The van der Waals surface area contributed by atoms with Crippen LogP contribution in [0.4, 0.5) is 4.39 Å². The molecule has 0 aliphatic carbocycles. The second-order valence-electron chi connectivity index (χ2n) is 4.86. The first kappa shape index (κ1) is 16.5. The van der Waals surface area contributed by atoms with Crippen LogP contribution in [0.15, 0.2) is 22.7 Å². The van der Waals surface area contributed by atoms with Crippen LogP contribution in [0.1, 0.15) is 36.8 Å². The minimum Gasteiger partial charge on any atom is -0.324 e. The van der Waals surface area contributed by atoms with Gasteiger partial charge in [0, 0.05) is 19.0 Å². The van der Waals surface area contributed by atoms with Crippen molar-refractivity contribution >= 4 is 27.5 Å². The Morgan fingerprint density at radius 1 is 1.43 bits per heavy atom. The van der Waals surface area contributed by atoms with Crippen molar-refractivity contribution in [3.63, 3.8) is 0 Å². The lowest BCUT2D eigenvalue weighted by Gasteiger charge is -2.14. The van der Waals surface area contributed by atoms with Crippen LogP contribution in [0.3, 0.4) is 0 Å². The van der Waals surface area contributed by atoms with Crippen molar-refractivity contribution in [2.45, 2.75) is 39.3 Å². The lowest BCUT2D eigenvalue weighted by Crippen LogP contribution is -2.16. The van der Waals surface area contributed by atoms with Crippen LogP contribution in [-0.2, 0) is 19.4 Å². The molecule has 2 N–H and O–H groups in total. The average molecular weight is 375 g/mol. The highest BCUT2D eigenvalue weighted by Crippen LogP contribution is 2.27. The topological polar surface area (TPSA) is 43.8 Å². The van der Waals surface area contributed by atoms with Gasteiger partial charge in [0.1, 0.15) is 5.82 Å². The lowest BCUT2D eigenvalue weighted by atomic mass is 10.0.